The van der Waals surface area contributed by atoms with Crippen LogP contribution < -0.4 is 10.6 Å². The zero-order valence-corrected chi connectivity index (χ0v) is 13.3. The van der Waals surface area contributed by atoms with Gasteiger partial charge in [0.25, 0.3) is 5.91 Å². The molecule has 1 atom stereocenters. The maximum absolute atomic E-state index is 12.1. The first-order chi connectivity index (χ1) is 9.49. The molecule has 1 amide bonds. The number of hydrogen-bond acceptors (Lipinski definition) is 3. The summed E-state index contributed by atoms with van der Waals surface area (Å²) in [5.41, 5.74) is 2.85. The van der Waals surface area contributed by atoms with E-state index >= 15 is 0 Å². The predicted octanol–water partition coefficient (Wildman–Crippen LogP) is 2.50. The topological polar surface area (TPSA) is 44.4 Å². The first kappa shape index (κ1) is 16.5. The Kier molecular flexibility index (Phi) is 6.52. The van der Waals surface area contributed by atoms with Gasteiger partial charge in [-0.1, -0.05) is 6.92 Å². The zero-order chi connectivity index (χ0) is 15.1. The Balaban J connectivity index is 2.49. The third kappa shape index (κ3) is 4.53. The third-order valence-electron chi connectivity index (χ3n) is 3.85. The monoisotopic (exact) mass is 277 g/mol. The van der Waals surface area contributed by atoms with Gasteiger partial charge < -0.3 is 15.5 Å². The lowest BCUT2D eigenvalue weighted by atomic mass is 10.1. The molecule has 1 unspecified atom stereocenters. The summed E-state index contributed by atoms with van der Waals surface area (Å²) in [4.78, 5) is 14.3. The van der Waals surface area contributed by atoms with Gasteiger partial charge in [-0.2, -0.15) is 0 Å². The van der Waals surface area contributed by atoms with E-state index in [0.717, 1.165) is 24.2 Å². The van der Waals surface area contributed by atoms with Crippen molar-refractivity contribution in [2.75, 3.05) is 32.5 Å². The van der Waals surface area contributed by atoms with Gasteiger partial charge in [0, 0.05) is 37.4 Å². The highest BCUT2D eigenvalue weighted by Crippen LogP contribution is 2.15. The van der Waals surface area contributed by atoms with Gasteiger partial charge in [0.15, 0.2) is 0 Å². The van der Waals surface area contributed by atoms with Gasteiger partial charge in [-0.25, -0.2) is 0 Å². The minimum absolute atomic E-state index is 0.00620. The van der Waals surface area contributed by atoms with Crippen molar-refractivity contribution in [3.05, 3.63) is 29.3 Å². The maximum Gasteiger partial charge on any atom is 0.251 e. The van der Waals surface area contributed by atoms with Crippen LogP contribution in [0.25, 0.3) is 0 Å². The first-order valence-electron chi connectivity index (χ1n) is 7.26. The lowest BCUT2D eigenvalue weighted by Gasteiger charge is -2.23. The Morgan fingerprint density at radius 3 is 2.65 bits per heavy atom. The van der Waals surface area contributed by atoms with Crippen LogP contribution in [-0.4, -0.2) is 44.0 Å². The van der Waals surface area contributed by atoms with Gasteiger partial charge in [0.1, 0.15) is 0 Å². The molecule has 0 fully saturated rings. The second-order valence-corrected chi connectivity index (χ2v) is 5.27. The van der Waals surface area contributed by atoms with Crippen molar-refractivity contribution in [1.82, 2.24) is 10.2 Å². The summed E-state index contributed by atoms with van der Waals surface area (Å²) in [7, 11) is 3.97. The normalized spacial score (nSPS) is 12.3. The van der Waals surface area contributed by atoms with Crippen molar-refractivity contribution in [2.45, 2.75) is 33.2 Å². The molecule has 112 valence electrons. The molecular weight excluding hydrogens is 250 g/mol. The van der Waals surface area contributed by atoms with Crippen LogP contribution >= 0.6 is 0 Å². The standard InChI is InChI=1S/C16H27N3O/c1-6-13(3)19(5)10-9-18-16(20)14-7-8-15(17-4)12(2)11-14/h7-8,11,13,17H,6,9-10H2,1-5H3,(H,18,20). The first-order valence-corrected chi connectivity index (χ1v) is 7.26. The Morgan fingerprint density at radius 2 is 2.10 bits per heavy atom. The van der Waals surface area contributed by atoms with Crippen LogP contribution in [0, 0.1) is 6.92 Å². The Hall–Kier alpha value is -1.55. The van der Waals surface area contributed by atoms with Gasteiger partial charge in [-0.15, -0.1) is 0 Å². The van der Waals surface area contributed by atoms with E-state index in [4.69, 9.17) is 0 Å². The zero-order valence-electron chi connectivity index (χ0n) is 13.3. The maximum atomic E-state index is 12.1. The molecule has 0 heterocycles. The highest BCUT2D eigenvalue weighted by Gasteiger charge is 2.09. The number of benzene rings is 1. The molecule has 1 aromatic rings. The molecule has 0 aliphatic rings. The Morgan fingerprint density at radius 1 is 1.40 bits per heavy atom. The molecule has 4 nitrogen and oxygen atoms in total. The number of likely N-dealkylation sites (N-methyl/N-ethyl adjacent to an activating group) is 1. The van der Waals surface area contributed by atoms with Gasteiger partial charge in [0.2, 0.25) is 0 Å². The van der Waals surface area contributed by atoms with E-state index in [1.165, 1.54) is 0 Å². The van der Waals surface area contributed by atoms with Crippen molar-refractivity contribution >= 4 is 11.6 Å². The molecular formula is C16H27N3O. The lowest BCUT2D eigenvalue weighted by Crippen LogP contribution is -2.37. The molecule has 2 N–H and O–H groups in total. The van der Waals surface area contributed by atoms with Crippen molar-refractivity contribution in [3.8, 4) is 0 Å². The van der Waals surface area contributed by atoms with Crippen LogP contribution in [-0.2, 0) is 0 Å². The molecule has 0 spiro atoms. The van der Waals surface area contributed by atoms with Crippen LogP contribution in [0.2, 0.25) is 0 Å². The fourth-order valence-corrected chi connectivity index (χ4v) is 2.07. The van der Waals surface area contributed by atoms with Crippen LogP contribution in [0.5, 0.6) is 0 Å². The van der Waals surface area contributed by atoms with Gasteiger partial charge >= 0.3 is 0 Å². The average Bonchev–Trinajstić information content (AvgIpc) is 2.45. The van der Waals surface area contributed by atoms with Crippen LogP contribution in [0.1, 0.15) is 36.2 Å². The summed E-state index contributed by atoms with van der Waals surface area (Å²) in [6, 6.07) is 6.26. The van der Waals surface area contributed by atoms with Gasteiger partial charge in [-0.3, -0.25) is 4.79 Å². The Labute approximate surface area is 122 Å². The highest BCUT2D eigenvalue weighted by molar-refractivity contribution is 5.94. The highest BCUT2D eigenvalue weighted by atomic mass is 16.1. The van der Waals surface area contributed by atoms with Crippen molar-refractivity contribution < 1.29 is 4.79 Å². The summed E-state index contributed by atoms with van der Waals surface area (Å²) in [5.74, 6) is -0.00620. The van der Waals surface area contributed by atoms with E-state index in [2.05, 4.69) is 36.4 Å². The minimum Gasteiger partial charge on any atom is -0.388 e. The number of nitrogens with zero attached hydrogens (tertiary/aromatic N) is 1. The van der Waals surface area contributed by atoms with Crippen molar-refractivity contribution in [2.24, 2.45) is 0 Å². The smallest absolute Gasteiger partial charge is 0.251 e. The molecule has 20 heavy (non-hydrogen) atoms. The second-order valence-electron chi connectivity index (χ2n) is 5.27. The molecule has 0 saturated carbocycles. The third-order valence-corrected chi connectivity index (χ3v) is 3.85. The minimum atomic E-state index is -0.00620. The predicted molar refractivity (Wildman–Crippen MR) is 85.4 cm³/mol. The van der Waals surface area contributed by atoms with Crippen LogP contribution in [0.3, 0.4) is 0 Å². The number of nitrogens with one attached hydrogen (secondary N) is 2. The fourth-order valence-electron chi connectivity index (χ4n) is 2.07. The number of aryl methyl sites for hydroxylation is 1. The van der Waals surface area contributed by atoms with Gasteiger partial charge in [-0.05, 0) is 51.1 Å². The SMILES string of the molecule is CCC(C)N(C)CCNC(=O)c1ccc(NC)c(C)c1. The lowest BCUT2D eigenvalue weighted by molar-refractivity contribution is 0.0947. The van der Waals surface area contributed by atoms with E-state index in [0.29, 0.717) is 18.2 Å². The van der Waals surface area contributed by atoms with E-state index in [9.17, 15) is 4.79 Å². The van der Waals surface area contributed by atoms with Crippen molar-refractivity contribution in [3.63, 3.8) is 0 Å². The largest absolute Gasteiger partial charge is 0.388 e. The molecule has 0 bridgehead atoms. The molecule has 4 heteroatoms. The fraction of sp³-hybridized carbons (Fsp3) is 0.562. The number of carbonyl (C=O) groups is 1. The molecule has 0 radical (unpaired) electrons. The molecule has 0 aromatic heterocycles. The molecule has 0 aliphatic carbocycles. The second kappa shape index (κ2) is 7.90. The van der Waals surface area contributed by atoms with Crippen LogP contribution in [0.4, 0.5) is 5.69 Å². The van der Waals surface area contributed by atoms with Crippen molar-refractivity contribution in [1.29, 1.82) is 0 Å². The summed E-state index contributed by atoms with van der Waals surface area (Å²) >= 11 is 0. The molecule has 1 rings (SSSR count). The van der Waals surface area contributed by atoms with E-state index in [-0.39, 0.29) is 5.91 Å². The molecule has 0 saturated heterocycles. The summed E-state index contributed by atoms with van der Waals surface area (Å²) in [6.07, 6.45) is 1.12. The van der Waals surface area contributed by atoms with E-state index in [1.807, 2.05) is 32.2 Å². The summed E-state index contributed by atoms with van der Waals surface area (Å²) < 4.78 is 0. The summed E-state index contributed by atoms with van der Waals surface area (Å²) in [6.45, 7) is 7.91. The molecule has 0 aliphatic heterocycles. The number of carbonyl (C=O) groups excluding carboxylic acids is 1. The number of rotatable bonds is 7. The molecule has 1 aromatic carbocycles. The van der Waals surface area contributed by atoms with Gasteiger partial charge in [0.05, 0.1) is 0 Å². The Bertz CT molecular complexity index is 445. The number of hydrogen-bond donors (Lipinski definition) is 2. The quantitative estimate of drug-likeness (QED) is 0.805. The van der Waals surface area contributed by atoms with E-state index < -0.39 is 0 Å². The van der Waals surface area contributed by atoms with E-state index in [1.54, 1.807) is 0 Å². The number of anilines is 1. The number of amides is 1. The van der Waals surface area contributed by atoms with Crippen LogP contribution in [0.15, 0.2) is 18.2 Å². The average molecular weight is 277 g/mol. The summed E-state index contributed by atoms with van der Waals surface area (Å²) in [5, 5.41) is 6.07.